The van der Waals surface area contributed by atoms with Gasteiger partial charge in [-0.15, -0.1) is 0 Å². The molecule has 10 heteroatoms. The molecule has 8 nitrogen and oxygen atoms in total. The van der Waals surface area contributed by atoms with E-state index in [1.165, 1.54) is 42.6 Å². The summed E-state index contributed by atoms with van der Waals surface area (Å²) in [4.78, 5) is 13.1. The lowest BCUT2D eigenvalue weighted by Gasteiger charge is -2.11. The molecular weight excluding hydrogens is 546 g/mol. The van der Waals surface area contributed by atoms with Crippen molar-refractivity contribution >= 4 is 39.4 Å². The first-order chi connectivity index (χ1) is 19.3. The Morgan fingerprint density at radius 2 is 1.57 bits per heavy atom. The number of carbonyl (C=O) groups is 1. The molecule has 1 heterocycles. The van der Waals surface area contributed by atoms with E-state index in [1.54, 1.807) is 16.8 Å². The molecule has 0 aliphatic heterocycles. The smallest absolute Gasteiger partial charge is 0.273 e. The Labute approximate surface area is 237 Å². The molecule has 1 amide bonds. The van der Waals surface area contributed by atoms with Gasteiger partial charge in [-0.1, -0.05) is 71.8 Å². The molecule has 0 atom stereocenters. The molecule has 0 bridgehead atoms. The van der Waals surface area contributed by atoms with Crippen molar-refractivity contribution < 1.29 is 13.2 Å². The summed E-state index contributed by atoms with van der Waals surface area (Å²) in [6.07, 6.45) is 3.34. The van der Waals surface area contributed by atoms with Gasteiger partial charge >= 0.3 is 0 Å². The molecule has 5 rings (SSSR count). The molecular formula is C30H24ClN5O3S. The lowest BCUT2D eigenvalue weighted by atomic mass is 10.1. The van der Waals surface area contributed by atoms with Crippen molar-refractivity contribution in [1.29, 1.82) is 0 Å². The molecule has 0 aliphatic rings. The number of hydrogen-bond acceptors (Lipinski definition) is 5. The van der Waals surface area contributed by atoms with Crippen molar-refractivity contribution in [3.8, 4) is 16.9 Å². The molecule has 0 saturated carbocycles. The van der Waals surface area contributed by atoms with E-state index in [-0.39, 0.29) is 16.1 Å². The quantitative estimate of drug-likeness (QED) is 0.175. The monoisotopic (exact) mass is 569 g/mol. The number of benzene rings is 4. The molecule has 0 aliphatic carbocycles. The van der Waals surface area contributed by atoms with Crippen LogP contribution in [0.4, 0.5) is 5.69 Å². The van der Waals surface area contributed by atoms with E-state index in [0.29, 0.717) is 16.3 Å². The molecule has 0 fully saturated rings. The fourth-order valence-corrected chi connectivity index (χ4v) is 5.14. The van der Waals surface area contributed by atoms with Gasteiger partial charge in [0.25, 0.3) is 15.9 Å². The van der Waals surface area contributed by atoms with Gasteiger partial charge in [0.05, 0.1) is 28.0 Å². The van der Waals surface area contributed by atoms with Crippen molar-refractivity contribution in [2.45, 2.75) is 11.8 Å². The Kier molecular flexibility index (Phi) is 7.77. The Morgan fingerprint density at radius 1 is 0.900 bits per heavy atom. The minimum Gasteiger partial charge on any atom is -0.279 e. The Hall–Kier alpha value is -4.73. The van der Waals surface area contributed by atoms with Crippen LogP contribution in [0.1, 0.15) is 21.5 Å². The van der Waals surface area contributed by atoms with Crippen molar-refractivity contribution in [3.63, 3.8) is 0 Å². The van der Waals surface area contributed by atoms with Crippen LogP contribution in [0.3, 0.4) is 0 Å². The second kappa shape index (κ2) is 11.6. The maximum atomic E-state index is 13.0. The van der Waals surface area contributed by atoms with Gasteiger partial charge in [-0.05, 0) is 55.5 Å². The predicted octanol–water partition coefficient (Wildman–Crippen LogP) is 6.07. The standard InChI is InChI=1S/C30H24ClN5O3S/c1-21-11-13-22(14-12-21)29-23(20-36(34-29)25-7-3-2-4-8-25)19-32-33-30(37)27-9-5-6-10-28(27)35-40(38,39)26-17-15-24(31)16-18-26/h2-20,35H,1H3,(H,33,37)/b32-19-. The van der Waals surface area contributed by atoms with Crippen molar-refractivity contribution in [2.75, 3.05) is 4.72 Å². The number of para-hydroxylation sites is 2. The molecule has 2 N–H and O–H groups in total. The first kappa shape index (κ1) is 26.9. The average Bonchev–Trinajstić information content (AvgIpc) is 3.38. The van der Waals surface area contributed by atoms with Gasteiger partial charge in [-0.3, -0.25) is 9.52 Å². The normalized spacial score (nSPS) is 11.4. The second-order valence-electron chi connectivity index (χ2n) is 8.88. The minimum absolute atomic E-state index is 0.0178. The maximum absolute atomic E-state index is 13.0. The van der Waals surface area contributed by atoms with Crippen LogP contribution in [-0.2, 0) is 10.0 Å². The summed E-state index contributed by atoms with van der Waals surface area (Å²) in [7, 11) is -3.95. The van der Waals surface area contributed by atoms with E-state index in [9.17, 15) is 13.2 Å². The third kappa shape index (κ3) is 6.12. The number of amides is 1. The van der Waals surface area contributed by atoms with Crippen molar-refractivity contribution in [2.24, 2.45) is 5.10 Å². The molecule has 4 aromatic carbocycles. The van der Waals surface area contributed by atoms with Crippen LogP contribution in [0.2, 0.25) is 5.02 Å². The summed E-state index contributed by atoms with van der Waals surface area (Å²) in [5.41, 5.74) is 7.00. The van der Waals surface area contributed by atoms with Gasteiger partial charge in [0.15, 0.2) is 0 Å². The minimum atomic E-state index is -3.95. The van der Waals surface area contributed by atoms with Gasteiger partial charge in [-0.2, -0.15) is 10.2 Å². The molecule has 0 unspecified atom stereocenters. The Balaban J connectivity index is 1.39. The molecule has 1 aromatic heterocycles. The summed E-state index contributed by atoms with van der Waals surface area (Å²) in [6, 6.07) is 29.6. The topological polar surface area (TPSA) is 105 Å². The zero-order chi connectivity index (χ0) is 28.1. The van der Waals surface area contributed by atoms with Gasteiger partial charge in [0.2, 0.25) is 0 Å². The highest BCUT2D eigenvalue weighted by molar-refractivity contribution is 7.92. The van der Waals surface area contributed by atoms with E-state index < -0.39 is 15.9 Å². The van der Waals surface area contributed by atoms with Gasteiger partial charge in [-0.25, -0.2) is 18.5 Å². The summed E-state index contributed by atoms with van der Waals surface area (Å²) < 4.78 is 30.0. The van der Waals surface area contributed by atoms with E-state index in [1.807, 2.05) is 67.7 Å². The summed E-state index contributed by atoms with van der Waals surface area (Å²) >= 11 is 5.88. The van der Waals surface area contributed by atoms with E-state index in [2.05, 4.69) is 15.2 Å². The number of hydrogen-bond donors (Lipinski definition) is 2. The SMILES string of the molecule is Cc1ccc(-c2nn(-c3ccccc3)cc2/C=N\NC(=O)c2ccccc2NS(=O)(=O)c2ccc(Cl)cc2)cc1. The molecule has 0 spiro atoms. The third-order valence-electron chi connectivity index (χ3n) is 6.00. The van der Waals surface area contributed by atoms with Crippen LogP contribution in [0, 0.1) is 6.92 Å². The second-order valence-corrected chi connectivity index (χ2v) is 11.0. The van der Waals surface area contributed by atoms with E-state index in [0.717, 1.165) is 16.8 Å². The highest BCUT2D eigenvalue weighted by atomic mass is 35.5. The third-order valence-corrected chi connectivity index (χ3v) is 7.63. The molecule has 5 aromatic rings. The van der Waals surface area contributed by atoms with Gasteiger partial charge in [0.1, 0.15) is 5.69 Å². The van der Waals surface area contributed by atoms with Gasteiger partial charge < -0.3 is 0 Å². The molecule has 0 radical (unpaired) electrons. The number of halogens is 1. The summed E-state index contributed by atoms with van der Waals surface area (Å²) in [5, 5.41) is 9.33. The number of hydrazone groups is 1. The van der Waals surface area contributed by atoms with Crippen LogP contribution < -0.4 is 10.1 Å². The Morgan fingerprint density at radius 3 is 2.30 bits per heavy atom. The van der Waals surface area contributed by atoms with Crippen LogP contribution >= 0.6 is 11.6 Å². The van der Waals surface area contributed by atoms with Crippen LogP contribution in [0.25, 0.3) is 16.9 Å². The molecule has 40 heavy (non-hydrogen) atoms. The zero-order valence-electron chi connectivity index (χ0n) is 21.3. The Bertz CT molecular complexity index is 1780. The number of sulfonamides is 1. The van der Waals surface area contributed by atoms with Gasteiger partial charge in [0, 0.05) is 22.3 Å². The van der Waals surface area contributed by atoms with Crippen molar-refractivity contribution in [1.82, 2.24) is 15.2 Å². The summed E-state index contributed by atoms with van der Waals surface area (Å²) in [5.74, 6) is -0.585. The van der Waals surface area contributed by atoms with Crippen LogP contribution in [0.15, 0.2) is 119 Å². The zero-order valence-corrected chi connectivity index (χ0v) is 22.9. The number of carbonyl (C=O) groups excluding carboxylic acids is 1. The predicted molar refractivity (Wildman–Crippen MR) is 157 cm³/mol. The number of aryl methyl sites for hydroxylation is 1. The van der Waals surface area contributed by atoms with Crippen LogP contribution in [-0.4, -0.2) is 30.3 Å². The largest absolute Gasteiger partial charge is 0.279 e. The first-order valence-electron chi connectivity index (χ1n) is 12.2. The lowest BCUT2D eigenvalue weighted by molar-refractivity contribution is 0.0956. The molecule has 200 valence electrons. The van der Waals surface area contributed by atoms with Crippen molar-refractivity contribution in [3.05, 3.63) is 131 Å². The summed E-state index contributed by atoms with van der Waals surface area (Å²) in [6.45, 7) is 2.01. The first-order valence-corrected chi connectivity index (χ1v) is 14.1. The average molecular weight is 570 g/mol. The maximum Gasteiger partial charge on any atom is 0.273 e. The van der Waals surface area contributed by atoms with E-state index >= 15 is 0 Å². The lowest BCUT2D eigenvalue weighted by Crippen LogP contribution is -2.21. The highest BCUT2D eigenvalue weighted by Crippen LogP contribution is 2.24. The van der Waals surface area contributed by atoms with Crippen LogP contribution in [0.5, 0.6) is 0 Å². The fourth-order valence-electron chi connectivity index (χ4n) is 3.94. The number of nitrogens with one attached hydrogen (secondary N) is 2. The molecule has 0 saturated heterocycles. The fraction of sp³-hybridized carbons (Fsp3) is 0.0333. The number of nitrogens with zero attached hydrogens (tertiary/aromatic N) is 3. The van der Waals surface area contributed by atoms with E-state index in [4.69, 9.17) is 16.7 Å². The number of aromatic nitrogens is 2. The number of rotatable bonds is 8. The number of anilines is 1. The highest BCUT2D eigenvalue weighted by Gasteiger charge is 2.19.